The van der Waals surface area contributed by atoms with Crippen molar-refractivity contribution in [3.63, 3.8) is 0 Å². The maximum atomic E-state index is 12.7. The van der Waals surface area contributed by atoms with E-state index in [2.05, 4.69) is 4.98 Å². The lowest BCUT2D eigenvalue weighted by molar-refractivity contribution is 0.336. The van der Waals surface area contributed by atoms with Gasteiger partial charge in [0.25, 0.3) is 5.56 Å². The molecule has 0 spiro atoms. The van der Waals surface area contributed by atoms with Gasteiger partial charge in [0.2, 0.25) is 5.88 Å². The minimum atomic E-state index is -0.449. The summed E-state index contributed by atoms with van der Waals surface area (Å²) in [7, 11) is 1.61. The standard InChI is InChI=1S/C22H21N3O3S2/c1-3-28-16-10-6-4-8-13(16)18-12-15(23-14-9-5-7-11-17(14)30-18)19-20(26)24-22(29)25(2)21(19)27/h4-11,18,27H,3,12H2,1-2H3,(H,24,26,29)/t18-/m1/s1. The summed E-state index contributed by atoms with van der Waals surface area (Å²) in [5.41, 5.74) is 1.98. The third-order valence-corrected chi connectivity index (χ3v) is 6.60. The highest BCUT2D eigenvalue weighted by Crippen LogP contribution is 2.47. The fourth-order valence-corrected chi connectivity index (χ4v) is 4.88. The van der Waals surface area contributed by atoms with Crippen LogP contribution in [0.5, 0.6) is 11.6 Å². The van der Waals surface area contributed by atoms with Crippen LogP contribution in [0, 0.1) is 4.77 Å². The third kappa shape index (κ3) is 3.80. The fourth-order valence-electron chi connectivity index (χ4n) is 3.44. The Balaban J connectivity index is 1.91. The summed E-state index contributed by atoms with van der Waals surface area (Å²) < 4.78 is 7.39. The SMILES string of the molecule is CCOc1ccccc1[C@H]1CC(c2c(O)n(C)c(=S)[nH]c2=O)=Nc2ccccc2S1. The Hall–Kier alpha value is -2.84. The second-order valence-electron chi connectivity index (χ2n) is 6.82. The fraction of sp³-hybridized carbons (Fsp3) is 0.227. The molecule has 4 rings (SSSR count). The number of nitrogens with one attached hydrogen (secondary N) is 1. The first-order valence-electron chi connectivity index (χ1n) is 9.57. The molecule has 2 heterocycles. The number of thioether (sulfide) groups is 1. The topological polar surface area (TPSA) is 79.6 Å². The molecule has 0 aliphatic carbocycles. The number of aromatic hydroxyl groups is 1. The summed E-state index contributed by atoms with van der Waals surface area (Å²) in [5.74, 6) is 0.615. The number of rotatable bonds is 4. The average molecular weight is 440 g/mol. The molecule has 3 aromatic rings. The molecular formula is C22H21N3O3S2. The predicted octanol–water partition coefficient (Wildman–Crippen LogP) is 4.91. The Morgan fingerprint density at radius 2 is 2.00 bits per heavy atom. The number of aromatic nitrogens is 2. The summed E-state index contributed by atoms with van der Waals surface area (Å²) in [4.78, 5) is 21.2. The Morgan fingerprint density at radius 3 is 2.80 bits per heavy atom. The molecule has 1 atom stereocenters. The van der Waals surface area contributed by atoms with Crippen molar-refractivity contribution in [3.8, 4) is 11.6 Å². The van der Waals surface area contributed by atoms with E-state index in [1.54, 1.807) is 18.8 Å². The summed E-state index contributed by atoms with van der Waals surface area (Å²) in [6.07, 6.45) is 0.441. The second kappa shape index (κ2) is 8.49. The number of aromatic amines is 1. The van der Waals surface area contributed by atoms with Gasteiger partial charge in [-0.3, -0.25) is 19.3 Å². The quantitative estimate of drug-likeness (QED) is 0.565. The number of fused-ring (bicyclic) bond motifs is 1. The van der Waals surface area contributed by atoms with E-state index in [4.69, 9.17) is 21.9 Å². The van der Waals surface area contributed by atoms with Crippen LogP contribution in [0.3, 0.4) is 0 Å². The van der Waals surface area contributed by atoms with E-state index < -0.39 is 5.56 Å². The second-order valence-corrected chi connectivity index (χ2v) is 8.46. The van der Waals surface area contributed by atoms with Gasteiger partial charge >= 0.3 is 0 Å². The van der Waals surface area contributed by atoms with Gasteiger partial charge in [-0.05, 0) is 37.3 Å². The summed E-state index contributed by atoms with van der Waals surface area (Å²) in [5, 5.41) is 10.7. The van der Waals surface area contributed by atoms with Gasteiger partial charge in [0.1, 0.15) is 11.3 Å². The van der Waals surface area contributed by atoms with Crippen molar-refractivity contribution in [2.24, 2.45) is 12.0 Å². The molecule has 6 nitrogen and oxygen atoms in total. The van der Waals surface area contributed by atoms with Crippen LogP contribution in [0.4, 0.5) is 5.69 Å². The summed E-state index contributed by atoms with van der Waals surface area (Å²) >= 11 is 6.78. The van der Waals surface area contributed by atoms with Crippen molar-refractivity contribution >= 4 is 35.4 Å². The number of ether oxygens (including phenoxy) is 1. The zero-order valence-corrected chi connectivity index (χ0v) is 18.2. The van der Waals surface area contributed by atoms with Crippen LogP contribution in [0.15, 0.2) is 63.2 Å². The minimum absolute atomic E-state index is 0.0533. The lowest BCUT2D eigenvalue weighted by atomic mass is 10.0. The molecule has 0 amide bonds. The molecule has 1 aromatic heterocycles. The Labute approximate surface area is 183 Å². The van der Waals surface area contributed by atoms with Crippen molar-refractivity contribution in [1.29, 1.82) is 0 Å². The zero-order chi connectivity index (χ0) is 21.3. The molecule has 8 heteroatoms. The first kappa shape index (κ1) is 20.4. The molecule has 0 fully saturated rings. The predicted molar refractivity (Wildman–Crippen MR) is 122 cm³/mol. The van der Waals surface area contributed by atoms with Crippen LogP contribution in [-0.4, -0.2) is 27.0 Å². The van der Waals surface area contributed by atoms with Crippen LogP contribution in [-0.2, 0) is 7.05 Å². The molecule has 0 radical (unpaired) electrons. The first-order valence-corrected chi connectivity index (χ1v) is 10.9. The van der Waals surface area contributed by atoms with Crippen molar-refractivity contribution in [3.05, 3.63) is 74.8 Å². The third-order valence-electron chi connectivity index (χ3n) is 4.92. The zero-order valence-electron chi connectivity index (χ0n) is 16.6. The molecule has 0 saturated carbocycles. The molecule has 154 valence electrons. The number of aliphatic imine (C=N–C) groups is 1. The lowest BCUT2D eigenvalue weighted by Gasteiger charge is -2.19. The number of para-hydroxylation sites is 2. The molecule has 30 heavy (non-hydrogen) atoms. The van der Waals surface area contributed by atoms with Crippen LogP contribution >= 0.6 is 24.0 Å². The van der Waals surface area contributed by atoms with Crippen LogP contribution < -0.4 is 10.3 Å². The monoisotopic (exact) mass is 439 g/mol. The van der Waals surface area contributed by atoms with E-state index in [1.165, 1.54) is 4.57 Å². The van der Waals surface area contributed by atoms with Gasteiger partial charge in [-0.1, -0.05) is 30.3 Å². The number of H-pyrrole nitrogens is 1. The first-order chi connectivity index (χ1) is 14.5. The maximum absolute atomic E-state index is 12.7. The number of hydrogen-bond donors (Lipinski definition) is 2. The Morgan fingerprint density at radius 1 is 1.27 bits per heavy atom. The smallest absolute Gasteiger partial charge is 0.264 e. The van der Waals surface area contributed by atoms with Crippen LogP contribution in [0.2, 0.25) is 0 Å². The van der Waals surface area contributed by atoms with E-state index >= 15 is 0 Å². The molecule has 2 aromatic carbocycles. The van der Waals surface area contributed by atoms with Gasteiger partial charge in [0, 0.05) is 29.2 Å². The highest BCUT2D eigenvalue weighted by atomic mass is 32.2. The summed E-state index contributed by atoms with van der Waals surface area (Å²) in [6.45, 7) is 2.51. The van der Waals surface area contributed by atoms with Gasteiger partial charge in [-0.15, -0.1) is 11.8 Å². The number of benzene rings is 2. The van der Waals surface area contributed by atoms with E-state index in [-0.39, 0.29) is 21.5 Å². The normalized spacial score (nSPS) is 15.8. The highest BCUT2D eigenvalue weighted by Gasteiger charge is 2.28. The average Bonchev–Trinajstić information content (AvgIpc) is 2.92. The maximum Gasteiger partial charge on any atom is 0.264 e. The van der Waals surface area contributed by atoms with Crippen LogP contribution in [0.1, 0.15) is 29.7 Å². The summed E-state index contributed by atoms with van der Waals surface area (Å²) in [6, 6.07) is 15.7. The van der Waals surface area contributed by atoms with Crippen molar-refractivity contribution in [1.82, 2.24) is 9.55 Å². The van der Waals surface area contributed by atoms with Crippen molar-refractivity contribution in [2.75, 3.05) is 6.61 Å². The molecule has 2 N–H and O–H groups in total. The molecular weight excluding hydrogens is 418 g/mol. The number of hydrogen-bond acceptors (Lipinski definition) is 6. The lowest BCUT2D eigenvalue weighted by Crippen LogP contribution is -2.23. The van der Waals surface area contributed by atoms with Crippen LogP contribution in [0.25, 0.3) is 0 Å². The Kier molecular flexibility index (Phi) is 5.78. The Bertz CT molecular complexity index is 1250. The van der Waals surface area contributed by atoms with Gasteiger partial charge in [-0.25, -0.2) is 0 Å². The van der Waals surface area contributed by atoms with Gasteiger partial charge in [0.15, 0.2) is 4.77 Å². The molecule has 1 aliphatic heterocycles. The van der Waals surface area contributed by atoms with E-state index in [9.17, 15) is 9.90 Å². The van der Waals surface area contributed by atoms with E-state index in [1.807, 2.05) is 55.5 Å². The minimum Gasteiger partial charge on any atom is -0.494 e. The largest absolute Gasteiger partial charge is 0.494 e. The molecule has 0 unspecified atom stereocenters. The highest BCUT2D eigenvalue weighted by molar-refractivity contribution is 7.99. The van der Waals surface area contributed by atoms with Gasteiger partial charge in [0.05, 0.1) is 18.0 Å². The van der Waals surface area contributed by atoms with Gasteiger partial charge in [-0.2, -0.15) is 0 Å². The molecule has 0 saturated heterocycles. The van der Waals surface area contributed by atoms with Crippen molar-refractivity contribution in [2.45, 2.75) is 23.5 Å². The molecule has 1 aliphatic rings. The number of nitrogens with zero attached hydrogens (tertiary/aromatic N) is 2. The van der Waals surface area contributed by atoms with E-state index in [0.29, 0.717) is 18.7 Å². The van der Waals surface area contributed by atoms with E-state index in [0.717, 1.165) is 21.9 Å². The molecule has 0 bridgehead atoms. The van der Waals surface area contributed by atoms with Crippen molar-refractivity contribution < 1.29 is 9.84 Å². The van der Waals surface area contributed by atoms with Gasteiger partial charge < -0.3 is 9.84 Å².